The predicted octanol–water partition coefficient (Wildman–Crippen LogP) is 9.93. The first-order valence-corrected chi connectivity index (χ1v) is 30.9. The van der Waals surface area contributed by atoms with Gasteiger partial charge in [-0.2, -0.15) is 0 Å². The van der Waals surface area contributed by atoms with Gasteiger partial charge in [0.25, 0.3) is 0 Å². The van der Waals surface area contributed by atoms with E-state index in [0.717, 1.165) is 0 Å². The molecule has 1 aliphatic rings. The molecule has 0 N–H and O–H groups in total. The van der Waals surface area contributed by atoms with Crippen molar-refractivity contribution in [2.24, 2.45) is 0 Å². The van der Waals surface area contributed by atoms with Crippen LogP contribution < -0.4 is 4.46 Å². The van der Waals surface area contributed by atoms with Crippen LogP contribution in [0.4, 0.5) is 0 Å². The van der Waals surface area contributed by atoms with Gasteiger partial charge in [-0.1, -0.05) is 0 Å². The van der Waals surface area contributed by atoms with Crippen molar-refractivity contribution in [3.05, 3.63) is 30.3 Å². The fraction of sp³-hybridized carbons (Fsp3) is 0.833. The monoisotopic (exact) mass is 776 g/mol. The van der Waals surface area contributed by atoms with Crippen LogP contribution in [0.15, 0.2) is 30.3 Å². The van der Waals surface area contributed by atoms with Gasteiger partial charge < -0.3 is 0 Å². The third-order valence-electron chi connectivity index (χ3n) is 11.7. The van der Waals surface area contributed by atoms with E-state index in [9.17, 15) is 0 Å². The molecular weight excluding hydrogens is 704 g/mol. The maximum atomic E-state index is 7.60. The van der Waals surface area contributed by atoms with Gasteiger partial charge in [0.2, 0.25) is 0 Å². The second kappa shape index (κ2) is 14.6. The van der Waals surface area contributed by atoms with Gasteiger partial charge in [0.15, 0.2) is 0 Å². The summed E-state index contributed by atoms with van der Waals surface area (Å²) in [6.07, 6.45) is -1.05. The van der Waals surface area contributed by atoms with Gasteiger partial charge in [0.1, 0.15) is 0 Å². The first-order chi connectivity index (χ1) is 20.3. The number of hydrogen-bond acceptors (Lipinski definition) is 5. The minimum atomic E-state index is -2.27. The summed E-state index contributed by atoms with van der Waals surface area (Å²) in [5.74, 6) is 0. The molecule has 0 radical (unpaired) electrons. The molecule has 1 aromatic carbocycles. The van der Waals surface area contributed by atoms with Crippen molar-refractivity contribution in [2.75, 3.05) is 6.61 Å². The Morgan fingerprint density at radius 3 is 1.30 bits per heavy atom. The summed E-state index contributed by atoms with van der Waals surface area (Å²) >= 11 is 0.000495. The Balaban J connectivity index is 2.84. The van der Waals surface area contributed by atoms with Gasteiger partial charge >= 0.3 is 297 Å². The molecule has 1 heterocycles. The van der Waals surface area contributed by atoms with Crippen LogP contribution in [0, 0.1) is 0 Å². The van der Waals surface area contributed by atoms with E-state index in [2.05, 4.69) is 166 Å². The molecule has 5 nitrogen and oxygen atoms in total. The first-order valence-electron chi connectivity index (χ1n) is 17.4. The van der Waals surface area contributed by atoms with E-state index < -0.39 is 33.3 Å². The van der Waals surface area contributed by atoms with Crippen molar-refractivity contribution in [3.63, 3.8) is 0 Å². The Labute approximate surface area is 295 Å². The summed E-state index contributed by atoms with van der Waals surface area (Å²) in [7, 11) is -8.83. The molecular formula is C36H72O5SeSi4. The van der Waals surface area contributed by atoms with E-state index in [4.69, 9.17) is 22.4 Å². The van der Waals surface area contributed by atoms with E-state index >= 15 is 0 Å². The van der Waals surface area contributed by atoms with Gasteiger partial charge in [0, 0.05) is 0 Å². The molecule has 1 aliphatic heterocycles. The van der Waals surface area contributed by atoms with Gasteiger partial charge in [-0.15, -0.1) is 0 Å². The standard InChI is InChI=1S/C36H72O5SeSi4/c1-33(2,3)43(13,14)37-26-28-29(39-44(15,16)34(4,5)6)30(40-45(17,18)35(7,8)9)31(41-46(19,20)36(10,11)12)32(38-28)42-27-24-22-21-23-25-27/h21-25,28-32H,26H2,1-20H3/t28-,29-,30+,31-,32+/m1/s1. The minimum absolute atomic E-state index is 0.000495. The molecule has 46 heavy (non-hydrogen) atoms. The van der Waals surface area contributed by atoms with Crippen molar-refractivity contribution in [2.45, 2.75) is 185 Å². The third kappa shape index (κ3) is 10.5. The van der Waals surface area contributed by atoms with Gasteiger partial charge in [-0.25, -0.2) is 0 Å². The van der Waals surface area contributed by atoms with E-state index in [1.165, 1.54) is 4.46 Å². The van der Waals surface area contributed by atoms with Gasteiger partial charge in [-0.3, -0.25) is 0 Å². The zero-order chi connectivity index (χ0) is 35.9. The summed E-state index contributed by atoms with van der Waals surface area (Å²) in [6.45, 7) is 47.1. The second-order valence-electron chi connectivity index (χ2n) is 19.6. The van der Waals surface area contributed by atoms with Crippen molar-refractivity contribution in [1.29, 1.82) is 0 Å². The summed E-state index contributed by atoms with van der Waals surface area (Å²) in [4.78, 5) is 0. The van der Waals surface area contributed by atoms with Crippen molar-refractivity contribution in [1.82, 2.24) is 0 Å². The summed E-state index contributed by atoms with van der Waals surface area (Å²) in [6, 6.07) is 10.8. The van der Waals surface area contributed by atoms with E-state index in [0.29, 0.717) is 6.61 Å². The summed E-state index contributed by atoms with van der Waals surface area (Å²) in [5, 5.41) is 0.0555. The van der Waals surface area contributed by atoms with Crippen LogP contribution in [0.2, 0.25) is 72.5 Å². The molecule has 0 aliphatic carbocycles. The average Bonchev–Trinajstić information content (AvgIpc) is 2.84. The normalized spacial score (nSPS) is 24.7. The van der Waals surface area contributed by atoms with Crippen LogP contribution >= 0.6 is 0 Å². The molecule has 0 aromatic heterocycles. The van der Waals surface area contributed by atoms with Gasteiger partial charge in [0.05, 0.1) is 0 Å². The van der Waals surface area contributed by atoms with Crippen LogP contribution in [0.5, 0.6) is 0 Å². The molecule has 2 rings (SSSR count). The molecule has 1 fully saturated rings. The summed E-state index contributed by atoms with van der Waals surface area (Å²) in [5.41, 5.74) is 0. The zero-order valence-electron chi connectivity index (χ0n) is 33.4. The molecule has 0 saturated carbocycles. The molecule has 10 heteroatoms. The van der Waals surface area contributed by atoms with Crippen LogP contribution in [-0.2, 0) is 22.4 Å². The fourth-order valence-corrected chi connectivity index (χ4v) is 11.7. The molecule has 1 saturated heterocycles. The Hall–Kier alpha value is 0.407. The molecule has 0 unspecified atom stereocenters. The van der Waals surface area contributed by atoms with Gasteiger partial charge in [-0.05, 0) is 0 Å². The molecule has 0 spiro atoms. The molecule has 1 aromatic rings. The van der Waals surface area contributed by atoms with Crippen LogP contribution in [0.3, 0.4) is 0 Å². The van der Waals surface area contributed by atoms with Crippen molar-refractivity contribution >= 4 is 52.7 Å². The molecule has 5 atom stereocenters. The van der Waals surface area contributed by atoms with Crippen LogP contribution in [0.25, 0.3) is 0 Å². The maximum absolute atomic E-state index is 7.60. The second-order valence-corrected chi connectivity index (χ2v) is 41.1. The molecule has 0 bridgehead atoms. The SMILES string of the molecule is CC(C)(C)[Si](C)(C)OC[C@H]1O[C@@H]([Se]c2ccccc2)[C@H](O[Si](C)(C)C(C)(C)C)[C@@H](O[Si](C)(C)C(C)(C)C)[C@@H]1O[Si](C)(C)C(C)(C)C. The Bertz CT molecular complexity index is 1110. The Kier molecular flexibility index (Phi) is 13.5. The predicted molar refractivity (Wildman–Crippen MR) is 210 cm³/mol. The number of hydrogen-bond donors (Lipinski definition) is 0. The topological polar surface area (TPSA) is 46.2 Å². The number of benzene rings is 1. The zero-order valence-corrected chi connectivity index (χ0v) is 39.1. The van der Waals surface area contributed by atoms with Crippen LogP contribution in [-0.4, -0.2) is 84.3 Å². The quantitative estimate of drug-likeness (QED) is 0.210. The molecule has 268 valence electrons. The first kappa shape index (κ1) is 42.6. The number of ether oxygens (including phenoxy) is 1. The third-order valence-corrected chi connectivity index (χ3v) is 32.1. The van der Waals surface area contributed by atoms with E-state index in [1.54, 1.807) is 0 Å². The van der Waals surface area contributed by atoms with Crippen molar-refractivity contribution < 1.29 is 22.4 Å². The van der Waals surface area contributed by atoms with Crippen LogP contribution in [0.1, 0.15) is 83.1 Å². The molecule has 0 amide bonds. The number of rotatable bonds is 11. The fourth-order valence-electron chi connectivity index (χ4n) is 4.20. The summed E-state index contributed by atoms with van der Waals surface area (Å²) < 4.78 is 38.2. The average molecular weight is 776 g/mol. The van der Waals surface area contributed by atoms with E-state index in [1.807, 2.05) is 0 Å². The Morgan fingerprint density at radius 2 is 0.913 bits per heavy atom. The Morgan fingerprint density at radius 1 is 0.543 bits per heavy atom. The van der Waals surface area contributed by atoms with E-state index in [-0.39, 0.29) is 64.5 Å². The van der Waals surface area contributed by atoms with Crippen molar-refractivity contribution in [3.8, 4) is 0 Å².